The number of hydrogen-bond acceptors (Lipinski definition) is 4. The lowest BCUT2D eigenvalue weighted by atomic mass is 9.75. The van der Waals surface area contributed by atoms with Crippen LogP contribution in [0.3, 0.4) is 0 Å². The van der Waals surface area contributed by atoms with Crippen molar-refractivity contribution in [2.75, 3.05) is 0 Å². The maximum absolute atomic E-state index is 12.0. The van der Waals surface area contributed by atoms with Crippen LogP contribution in [-0.4, -0.2) is 14.8 Å². The van der Waals surface area contributed by atoms with Gasteiger partial charge in [-0.25, -0.2) is 4.79 Å². The van der Waals surface area contributed by atoms with Crippen molar-refractivity contribution >= 4 is 23.2 Å². The molecule has 3 aromatic rings. The van der Waals surface area contributed by atoms with Gasteiger partial charge in [0.1, 0.15) is 11.6 Å². The highest BCUT2D eigenvalue weighted by molar-refractivity contribution is 6.32. The third-order valence-corrected chi connectivity index (χ3v) is 4.92. The third kappa shape index (κ3) is 3.39. The molecule has 0 fully saturated rings. The number of aromatic nitrogens is 3. The van der Waals surface area contributed by atoms with Gasteiger partial charge in [-0.2, -0.15) is 15.0 Å². The molecule has 6 nitrogen and oxygen atoms in total. The van der Waals surface area contributed by atoms with E-state index in [9.17, 15) is 14.9 Å². The van der Waals surface area contributed by atoms with Crippen LogP contribution < -0.4 is 11.2 Å². The summed E-state index contributed by atoms with van der Waals surface area (Å²) < 4.78 is 1.04. The van der Waals surface area contributed by atoms with Gasteiger partial charge in [0, 0.05) is 10.0 Å². The maximum atomic E-state index is 12.0. The minimum absolute atomic E-state index is 0.309. The van der Waals surface area contributed by atoms with E-state index in [1.54, 1.807) is 50.2 Å². The molecule has 0 spiro atoms. The average molecular weight is 401 g/mol. The molecule has 1 atom stereocenters. The van der Waals surface area contributed by atoms with Gasteiger partial charge < -0.3 is 0 Å². The van der Waals surface area contributed by atoms with Gasteiger partial charge in [-0.05, 0) is 54.8 Å². The summed E-state index contributed by atoms with van der Waals surface area (Å²) in [5.41, 5.74) is 0.173. The molecule has 8 heteroatoms. The summed E-state index contributed by atoms with van der Waals surface area (Å²) in [6.45, 7) is 3.57. The molecule has 0 radical (unpaired) electrons. The van der Waals surface area contributed by atoms with Gasteiger partial charge in [-0.1, -0.05) is 35.3 Å². The molecule has 0 aliphatic carbocycles. The fourth-order valence-corrected chi connectivity index (χ4v) is 3.64. The second-order valence-electron chi connectivity index (χ2n) is 6.21. The minimum Gasteiger partial charge on any atom is -0.271 e. The predicted molar refractivity (Wildman–Crippen MR) is 104 cm³/mol. The van der Waals surface area contributed by atoms with E-state index >= 15 is 0 Å². The Hall–Kier alpha value is -2.88. The van der Waals surface area contributed by atoms with Gasteiger partial charge in [0.2, 0.25) is 0 Å². The van der Waals surface area contributed by atoms with Gasteiger partial charge >= 0.3 is 5.69 Å². The zero-order valence-corrected chi connectivity index (χ0v) is 16.0. The van der Waals surface area contributed by atoms with E-state index in [0.29, 0.717) is 26.9 Å². The van der Waals surface area contributed by atoms with Crippen molar-refractivity contribution in [3.05, 3.63) is 90.2 Å². The molecule has 0 saturated heterocycles. The van der Waals surface area contributed by atoms with Crippen LogP contribution in [0.2, 0.25) is 10.0 Å². The molecule has 2 aromatic carbocycles. The summed E-state index contributed by atoms with van der Waals surface area (Å²) >= 11 is 12.5. The summed E-state index contributed by atoms with van der Waals surface area (Å²) in [5.74, 6) is 0. The zero-order chi connectivity index (χ0) is 19.8. The third-order valence-electron chi connectivity index (χ3n) is 4.37. The first kappa shape index (κ1) is 18.9. The fourth-order valence-electron chi connectivity index (χ4n) is 3.07. The summed E-state index contributed by atoms with van der Waals surface area (Å²) in [6, 6.07) is 12.6. The molecule has 0 aliphatic heterocycles. The maximum Gasteiger partial charge on any atom is 0.349 e. The van der Waals surface area contributed by atoms with Gasteiger partial charge in [0.05, 0.1) is 11.8 Å². The van der Waals surface area contributed by atoms with E-state index in [-0.39, 0.29) is 0 Å². The standard InChI is InChI=1S/C19H14Cl2N4O2/c1-11-7-14(25-18(27)24-16(26)9-23-25)8-15(21)17(11)19(2,10-22)12-3-5-13(20)6-4-12/h3-9H,1-2H3,(H,24,26,27). The molecule has 27 heavy (non-hydrogen) atoms. The number of nitrogens with zero attached hydrogens (tertiary/aromatic N) is 3. The van der Waals surface area contributed by atoms with E-state index in [1.165, 1.54) is 0 Å². The number of nitriles is 1. The Labute approximate surface area is 164 Å². The first-order valence-electron chi connectivity index (χ1n) is 7.93. The number of H-pyrrole nitrogens is 1. The first-order chi connectivity index (χ1) is 12.8. The quantitative estimate of drug-likeness (QED) is 0.729. The summed E-state index contributed by atoms with van der Waals surface area (Å²) in [6.07, 6.45) is 1.01. The SMILES string of the molecule is Cc1cc(-n2ncc(=O)[nH]c2=O)cc(Cl)c1C(C)(C#N)c1ccc(Cl)cc1. The van der Waals surface area contributed by atoms with E-state index in [0.717, 1.165) is 16.4 Å². The van der Waals surface area contributed by atoms with Crippen LogP contribution in [0.1, 0.15) is 23.6 Å². The number of nitrogens with one attached hydrogen (secondary N) is 1. The Morgan fingerprint density at radius 3 is 2.41 bits per heavy atom. The van der Waals surface area contributed by atoms with Crippen molar-refractivity contribution in [2.45, 2.75) is 19.3 Å². The van der Waals surface area contributed by atoms with Crippen LogP contribution in [0, 0.1) is 18.3 Å². The Bertz CT molecular complexity index is 1150. The van der Waals surface area contributed by atoms with E-state index in [1.807, 2.05) is 0 Å². The second-order valence-corrected chi connectivity index (χ2v) is 7.06. The smallest absolute Gasteiger partial charge is 0.271 e. The van der Waals surface area contributed by atoms with Gasteiger partial charge in [0.25, 0.3) is 5.56 Å². The number of rotatable bonds is 3. The molecule has 1 heterocycles. The van der Waals surface area contributed by atoms with Crippen molar-refractivity contribution in [3.8, 4) is 11.8 Å². The highest BCUT2D eigenvalue weighted by Crippen LogP contribution is 2.39. The summed E-state index contributed by atoms with van der Waals surface area (Å²) in [4.78, 5) is 25.3. The van der Waals surface area contributed by atoms with Crippen molar-refractivity contribution in [1.29, 1.82) is 5.26 Å². The zero-order valence-electron chi connectivity index (χ0n) is 14.5. The Morgan fingerprint density at radius 2 is 1.85 bits per heavy atom. The van der Waals surface area contributed by atoms with Crippen LogP contribution in [0.4, 0.5) is 0 Å². The number of halogens is 2. The molecule has 1 N–H and O–H groups in total. The van der Waals surface area contributed by atoms with E-state index in [4.69, 9.17) is 23.2 Å². The predicted octanol–water partition coefficient (Wildman–Crippen LogP) is 3.37. The van der Waals surface area contributed by atoms with Crippen molar-refractivity contribution in [1.82, 2.24) is 14.8 Å². The van der Waals surface area contributed by atoms with Crippen LogP contribution >= 0.6 is 23.2 Å². The average Bonchev–Trinajstić information content (AvgIpc) is 2.61. The minimum atomic E-state index is -1.02. The van der Waals surface area contributed by atoms with Crippen LogP contribution in [0.25, 0.3) is 5.69 Å². The van der Waals surface area contributed by atoms with E-state index in [2.05, 4.69) is 16.2 Å². The lowest BCUT2D eigenvalue weighted by Crippen LogP contribution is -2.30. The second kappa shape index (κ2) is 7.03. The summed E-state index contributed by atoms with van der Waals surface area (Å²) in [5, 5.41) is 14.6. The largest absolute Gasteiger partial charge is 0.349 e. The molecule has 3 rings (SSSR count). The number of aromatic amines is 1. The lowest BCUT2D eigenvalue weighted by Gasteiger charge is -2.26. The molecular weight excluding hydrogens is 387 g/mol. The first-order valence-corrected chi connectivity index (χ1v) is 8.69. The number of hydrogen-bond donors (Lipinski definition) is 1. The Morgan fingerprint density at radius 1 is 1.19 bits per heavy atom. The number of benzene rings is 2. The molecule has 0 bridgehead atoms. The van der Waals surface area contributed by atoms with Crippen LogP contribution in [0.5, 0.6) is 0 Å². The van der Waals surface area contributed by atoms with E-state index < -0.39 is 16.7 Å². The molecule has 0 amide bonds. The molecule has 0 aliphatic rings. The highest BCUT2D eigenvalue weighted by atomic mass is 35.5. The topological polar surface area (TPSA) is 91.5 Å². The fraction of sp³-hybridized carbons (Fsp3) is 0.158. The van der Waals surface area contributed by atoms with Crippen molar-refractivity contribution in [3.63, 3.8) is 0 Å². The Kier molecular flexibility index (Phi) is 4.92. The molecule has 136 valence electrons. The van der Waals surface area contributed by atoms with Crippen molar-refractivity contribution in [2.24, 2.45) is 0 Å². The highest BCUT2D eigenvalue weighted by Gasteiger charge is 2.33. The van der Waals surface area contributed by atoms with Crippen LogP contribution in [-0.2, 0) is 5.41 Å². The number of aryl methyl sites for hydroxylation is 1. The molecular formula is C19H14Cl2N4O2. The Balaban J connectivity index is 2.20. The van der Waals surface area contributed by atoms with Gasteiger partial charge in [0.15, 0.2) is 0 Å². The summed E-state index contributed by atoms with van der Waals surface area (Å²) in [7, 11) is 0. The van der Waals surface area contributed by atoms with Crippen molar-refractivity contribution < 1.29 is 0 Å². The van der Waals surface area contributed by atoms with Gasteiger partial charge in [-0.15, -0.1) is 0 Å². The normalized spacial score (nSPS) is 13.0. The molecule has 1 unspecified atom stereocenters. The van der Waals surface area contributed by atoms with Gasteiger partial charge in [-0.3, -0.25) is 9.78 Å². The lowest BCUT2D eigenvalue weighted by molar-refractivity contribution is 0.725. The molecule has 0 saturated carbocycles. The van der Waals surface area contributed by atoms with Crippen LogP contribution in [0.15, 0.2) is 52.2 Å². The molecule has 1 aromatic heterocycles. The monoisotopic (exact) mass is 400 g/mol.